The highest BCUT2D eigenvalue weighted by molar-refractivity contribution is 8.00. The minimum atomic E-state index is -5.24. The van der Waals surface area contributed by atoms with Crippen molar-refractivity contribution in [1.82, 2.24) is 10.2 Å². The molecule has 0 saturated heterocycles. The Hall–Kier alpha value is -1.94. The fourth-order valence-corrected chi connectivity index (χ4v) is 4.08. The molecule has 9 heteroatoms. The van der Waals surface area contributed by atoms with Crippen molar-refractivity contribution in [3.05, 3.63) is 65.2 Å². The van der Waals surface area contributed by atoms with Crippen LogP contribution in [0.5, 0.6) is 0 Å². The van der Waals surface area contributed by atoms with Crippen LogP contribution in [-0.4, -0.2) is 26.6 Å². The van der Waals surface area contributed by atoms with Gasteiger partial charge in [0.1, 0.15) is 0 Å². The molecular formula is C17H13F3N2O2S2. The Bertz CT molecular complexity index is 883. The number of benzene rings is 2. The molecule has 0 amide bonds. The topological polar surface area (TPSA) is 66.2 Å². The third-order valence-electron chi connectivity index (χ3n) is 3.55. The van der Waals surface area contributed by atoms with Crippen LogP contribution in [0.1, 0.15) is 10.6 Å². The van der Waals surface area contributed by atoms with E-state index in [1.807, 2.05) is 54.6 Å². The van der Waals surface area contributed by atoms with Crippen molar-refractivity contribution >= 4 is 23.1 Å². The molecule has 26 heavy (non-hydrogen) atoms. The number of hydrogen-bond donors (Lipinski definition) is 2. The van der Waals surface area contributed by atoms with Crippen molar-refractivity contribution in [2.45, 2.75) is 22.1 Å². The lowest BCUT2D eigenvalue weighted by atomic mass is 10.0. The predicted molar refractivity (Wildman–Crippen MR) is 93.5 cm³/mol. The van der Waals surface area contributed by atoms with E-state index >= 15 is 0 Å². The van der Waals surface area contributed by atoms with Gasteiger partial charge in [-0.05, 0) is 16.7 Å². The molecule has 136 valence electrons. The fraction of sp³-hybridized carbons (Fsp3) is 0.176. The van der Waals surface area contributed by atoms with Crippen molar-refractivity contribution < 1.29 is 23.4 Å². The van der Waals surface area contributed by atoms with Crippen LogP contribution < -0.4 is 0 Å². The maximum Gasteiger partial charge on any atom is 0.450 e. The summed E-state index contributed by atoms with van der Waals surface area (Å²) in [5, 5.41) is 24.5. The van der Waals surface area contributed by atoms with Gasteiger partial charge in [0.2, 0.25) is 0 Å². The maximum absolute atomic E-state index is 12.7. The van der Waals surface area contributed by atoms with Gasteiger partial charge in [0, 0.05) is 5.75 Å². The first kappa shape index (κ1) is 18.8. The Labute approximate surface area is 155 Å². The van der Waals surface area contributed by atoms with Gasteiger partial charge in [-0.25, -0.2) is 0 Å². The van der Waals surface area contributed by atoms with Gasteiger partial charge in [-0.15, -0.1) is 10.2 Å². The second kappa shape index (κ2) is 7.36. The standard InChI is InChI=1S/C17H13F3N2O2S2/c18-17(19,20)16(23,24)14-21-22-15(26-14)25-10-12-8-4-5-9-13(12)11-6-2-1-3-7-11/h1-9,23-24H,10H2. The molecule has 0 bridgehead atoms. The predicted octanol–water partition coefficient (Wildman–Crippen LogP) is 4.20. The van der Waals surface area contributed by atoms with Gasteiger partial charge in [-0.1, -0.05) is 77.7 Å². The first-order valence-electron chi connectivity index (χ1n) is 7.40. The number of halogens is 3. The van der Waals surface area contributed by atoms with E-state index in [-0.39, 0.29) is 4.34 Å². The number of nitrogens with zero attached hydrogens (tertiary/aromatic N) is 2. The van der Waals surface area contributed by atoms with Gasteiger partial charge in [0.05, 0.1) is 0 Å². The smallest absolute Gasteiger partial charge is 0.353 e. The Morgan fingerprint density at radius 2 is 1.58 bits per heavy atom. The summed E-state index contributed by atoms with van der Waals surface area (Å²) in [4.78, 5) is 0. The summed E-state index contributed by atoms with van der Waals surface area (Å²) in [7, 11) is 0. The van der Waals surface area contributed by atoms with E-state index in [1.54, 1.807) is 0 Å². The summed E-state index contributed by atoms with van der Waals surface area (Å²) in [6.45, 7) is 0. The van der Waals surface area contributed by atoms with Crippen molar-refractivity contribution in [3.8, 4) is 11.1 Å². The quantitative estimate of drug-likeness (QED) is 0.498. The number of thioether (sulfide) groups is 1. The minimum absolute atomic E-state index is 0.222. The highest BCUT2D eigenvalue weighted by atomic mass is 32.2. The largest absolute Gasteiger partial charge is 0.450 e. The van der Waals surface area contributed by atoms with E-state index < -0.39 is 17.0 Å². The normalized spacial score (nSPS) is 12.3. The molecule has 3 rings (SSSR count). The van der Waals surface area contributed by atoms with E-state index in [2.05, 4.69) is 10.2 Å². The first-order valence-corrected chi connectivity index (χ1v) is 9.21. The highest BCUT2D eigenvalue weighted by Gasteiger charge is 2.57. The summed E-state index contributed by atoms with van der Waals surface area (Å²) in [5.41, 5.74) is 3.03. The van der Waals surface area contributed by atoms with Gasteiger partial charge >= 0.3 is 12.0 Å². The second-order valence-electron chi connectivity index (χ2n) is 5.35. The third kappa shape index (κ3) is 3.90. The molecule has 1 aromatic heterocycles. The zero-order chi connectivity index (χ0) is 18.8. The molecule has 0 aliphatic carbocycles. The Morgan fingerprint density at radius 3 is 2.27 bits per heavy atom. The fourth-order valence-electron chi connectivity index (χ4n) is 2.22. The number of aliphatic hydroxyl groups is 2. The summed E-state index contributed by atoms with van der Waals surface area (Å²) in [6, 6.07) is 17.4. The van der Waals surface area contributed by atoms with Gasteiger partial charge in [-0.2, -0.15) is 13.2 Å². The van der Waals surface area contributed by atoms with Gasteiger partial charge in [-0.3, -0.25) is 0 Å². The van der Waals surface area contributed by atoms with E-state index in [1.165, 1.54) is 11.8 Å². The number of aromatic nitrogens is 2. The van der Waals surface area contributed by atoms with Crippen LogP contribution in [0.4, 0.5) is 13.2 Å². The van der Waals surface area contributed by atoms with E-state index in [9.17, 15) is 23.4 Å². The van der Waals surface area contributed by atoms with Crippen LogP contribution in [-0.2, 0) is 11.5 Å². The van der Waals surface area contributed by atoms with Crippen LogP contribution in [0.2, 0.25) is 0 Å². The summed E-state index contributed by atoms with van der Waals surface area (Å²) in [6.07, 6.45) is -5.24. The first-order chi connectivity index (χ1) is 12.3. The zero-order valence-electron chi connectivity index (χ0n) is 13.1. The third-order valence-corrected chi connectivity index (χ3v) is 5.76. The molecule has 0 fully saturated rings. The lowest BCUT2D eigenvalue weighted by molar-refractivity contribution is -0.358. The molecule has 1 heterocycles. The minimum Gasteiger partial charge on any atom is -0.353 e. The Kier molecular flexibility index (Phi) is 5.33. The van der Waals surface area contributed by atoms with Crippen molar-refractivity contribution in [2.24, 2.45) is 0 Å². The van der Waals surface area contributed by atoms with Crippen LogP contribution in [0, 0.1) is 0 Å². The molecule has 4 nitrogen and oxygen atoms in total. The second-order valence-corrected chi connectivity index (χ2v) is 7.55. The van der Waals surface area contributed by atoms with Crippen molar-refractivity contribution in [2.75, 3.05) is 0 Å². The van der Waals surface area contributed by atoms with E-state index in [4.69, 9.17) is 0 Å². The van der Waals surface area contributed by atoms with Crippen LogP contribution >= 0.6 is 23.1 Å². The van der Waals surface area contributed by atoms with E-state index in [0.29, 0.717) is 17.1 Å². The SMILES string of the molecule is OC(O)(c1nnc(SCc2ccccc2-c2ccccc2)s1)C(F)(F)F. The Balaban J connectivity index is 1.78. The molecule has 2 N–H and O–H groups in total. The van der Waals surface area contributed by atoms with Crippen LogP contribution in [0.15, 0.2) is 58.9 Å². The molecule has 3 aromatic rings. The molecule has 0 aliphatic rings. The van der Waals surface area contributed by atoms with Crippen LogP contribution in [0.25, 0.3) is 11.1 Å². The molecule has 0 spiro atoms. The molecule has 0 atom stereocenters. The molecule has 2 aromatic carbocycles. The zero-order valence-corrected chi connectivity index (χ0v) is 14.8. The van der Waals surface area contributed by atoms with Crippen molar-refractivity contribution in [1.29, 1.82) is 0 Å². The average Bonchev–Trinajstić information content (AvgIpc) is 3.10. The molecule has 0 aliphatic heterocycles. The summed E-state index contributed by atoms with van der Waals surface area (Å²) >= 11 is 1.69. The molecule has 0 saturated carbocycles. The van der Waals surface area contributed by atoms with E-state index in [0.717, 1.165) is 16.7 Å². The number of rotatable bonds is 5. The Morgan fingerprint density at radius 1 is 0.923 bits per heavy atom. The van der Waals surface area contributed by atoms with Gasteiger partial charge in [0.15, 0.2) is 9.35 Å². The summed E-state index contributed by atoms with van der Waals surface area (Å²) in [5.74, 6) is -3.54. The van der Waals surface area contributed by atoms with Gasteiger partial charge in [0.25, 0.3) is 0 Å². The number of alkyl halides is 3. The number of hydrogen-bond acceptors (Lipinski definition) is 6. The lowest BCUT2D eigenvalue weighted by Gasteiger charge is -2.20. The lowest BCUT2D eigenvalue weighted by Crippen LogP contribution is -2.41. The average molecular weight is 398 g/mol. The van der Waals surface area contributed by atoms with Crippen LogP contribution in [0.3, 0.4) is 0 Å². The molecule has 0 radical (unpaired) electrons. The van der Waals surface area contributed by atoms with Crippen molar-refractivity contribution in [3.63, 3.8) is 0 Å². The highest BCUT2D eigenvalue weighted by Crippen LogP contribution is 2.40. The summed E-state index contributed by atoms with van der Waals surface area (Å²) < 4.78 is 38.2. The maximum atomic E-state index is 12.7. The molecule has 0 unspecified atom stereocenters. The molecular weight excluding hydrogens is 385 g/mol. The monoisotopic (exact) mass is 398 g/mol. The van der Waals surface area contributed by atoms with Gasteiger partial charge < -0.3 is 10.2 Å².